The van der Waals surface area contributed by atoms with Crippen LogP contribution in [0.15, 0.2) is 24.4 Å². The van der Waals surface area contributed by atoms with Crippen LogP contribution in [0.5, 0.6) is 0 Å². The molecule has 1 aromatic heterocycles. The van der Waals surface area contributed by atoms with E-state index in [2.05, 4.69) is 27.1 Å². The third kappa shape index (κ3) is 2.47. The van der Waals surface area contributed by atoms with Gasteiger partial charge in [-0.05, 0) is 28.1 Å². The van der Waals surface area contributed by atoms with Gasteiger partial charge in [0.05, 0.1) is 12.6 Å². The number of carboxylic acids is 1. The Hall–Kier alpha value is -1.01. The van der Waals surface area contributed by atoms with E-state index in [9.17, 15) is 9.18 Å². The molecule has 1 heterocycles. The summed E-state index contributed by atoms with van der Waals surface area (Å²) in [6.07, 6.45) is 4.04. The quantitative estimate of drug-likeness (QED) is 0.518. The summed E-state index contributed by atoms with van der Waals surface area (Å²) in [7, 11) is 0. The van der Waals surface area contributed by atoms with Crippen LogP contribution >= 0.6 is 28.4 Å². The van der Waals surface area contributed by atoms with E-state index in [0.29, 0.717) is 17.3 Å². The number of benzene rings is 1. The Labute approximate surface area is 111 Å². The number of carbonyl (C=O) groups is 1. The number of nitrogens with zero attached hydrogens (tertiary/aromatic N) is 2. The molecule has 0 saturated heterocycles. The van der Waals surface area contributed by atoms with Crippen LogP contribution in [0.3, 0.4) is 0 Å². The summed E-state index contributed by atoms with van der Waals surface area (Å²) in [5.41, 5.74) is 0.654. The van der Waals surface area contributed by atoms with E-state index < -0.39 is 11.8 Å². The molecular weight excluding hydrogens is 357 g/mol. The van der Waals surface area contributed by atoms with Crippen molar-refractivity contribution in [3.63, 3.8) is 0 Å². The highest BCUT2D eigenvalue weighted by Crippen LogP contribution is 2.31. The smallest absolute Gasteiger partial charge is 0.328 e. The maximum absolute atomic E-state index is 14.1. The average Bonchev–Trinajstić information content (AvgIpc) is 2.71. The van der Waals surface area contributed by atoms with Gasteiger partial charge in [-0.3, -0.25) is 0 Å². The number of aromatic nitrogens is 2. The first-order valence-electron chi connectivity index (χ1n) is 4.57. The monoisotopic (exact) mass is 364 g/mol. The predicted molar refractivity (Wildman–Crippen MR) is 74.1 cm³/mol. The zero-order valence-electron chi connectivity index (χ0n) is 8.39. The third-order valence-corrected chi connectivity index (χ3v) is 4.06. The molecule has 4 nitrogen and oxygen atoms in total. The van der Waals surface area contributed by atoms with E-state index >= 15 is 0 Å². The Morgan fingerprint density at radius 1 is 1.59 bits per heavy atom. The van der Waals surface area contributed by atoms with Gasteiger partial charge in [-0.2, -0.15) is 5.10 Å². The average molecular weight is 364 g/mol. The van der Waals surface area contributed by atoms with Crippen molar-refractivity contribution < 1.29 is 14.3 Å². The van der Waals surface area contributed by atoms with Gasteiger partial charge in [0.25, 0.3) is 0 Å². The molecule has 1 aromatic carbocycles. The molecule has 2 aromatic rings. The molecule has 88 valence electrons. The zero-order chi connectivity index (χ0) is 12.4. The van der Waals surface area contributed by atoms with Crippen molar-refractivity contribution in [3.05, 3.63) is 35.8 Å². The van der Waals surface area contributed by atoms with E-state index in [1.807, 2.05) is 0 Å². The number of carboxylic acid groups (broad SMARTS) is 1. The van der Waals surface area contributed by atoms with Gasteiger partial charge in [-0.1, -0.05) is 12.1 Å². The fraction of sp³-hybridized carbons (Fsp3) is 0. The van der Waals surface area contributed by atoms with Crippen LogP contribution in [-0.2, 0) is 4.79 Å². The SMILES string of the molecule is O=C(O)/C=C/c1ccc2cnn(PI)c2c1F. The Bertz CT molecular complexity index is 612. The Morgan fingerprint density at radius 3 is 3.00 bits per heavy atom. The van der Waals surface area contributed by atoms with Crippen molar-refractivity contribution in [2.24, 2.45) is 0 Å². The molecule has 0 aliphatic carbocycles. The van der Waals surface area contributed by atoms with Crippen molar-refractivity contribution in [2.45, 2.75) is 0 Å². The molecule has 17 heavy (non-hydrogen) atoms. The molecule has 0 fully saturated rings. The van der Waals surface area contributed by atoms with Crippen LogP contribution in [0.1, 0.15) is 5.56 Å². The lowest BCUT2D eigenvalue weighted by Crippen LogP contribution is -1.91. The van der Waals surface area contributed by atoms with E-state index in [1.54, 1.807) is 22.8 Å². The first-order valence-corrected chi connectivity index (χ1v) is 8.63. The number of hydrogen-bond donors (Lipinski definition) is 1. The number of aliphatic carboxylic acids is 1. The van der Waals surface area contributed by atoms with Gasteiger partial charge in [0.1, 0.15) is 5.52 Å². The van der Waals surface area contributed by atoms with Gasteiger partial charge >= 0.3 is 5.97 Å². The van der Waals surface area contributed by atoms with E-state index in [0.717, 1.165) is 6.08 Å². The van der Waals surface area contributed by atoms with Crippen LogP contribution in [0, 0.1) is 5.82 Å². The van der Waals surface area contributed by atoms with Crippen molar-refractivity contribution >= 4 is 51.4 Å². The highest BCUT2D eigenvalue weighted by atomic mass is 127. The summed E-state index contributed by atoms with van der Waals surface area (Å²) in [5.74, 6) is -1.55. The molecule has 7 heteroatoms. The third-order valence-electron chi connectivity index (χ3n) is 2.19. The van der Waals surface area contributed by atoms with Gasteiger partial charge in [-0.25, -0.2) is 13.6 Å². The van der Waals surface area contributed by atoms with Crippen LogP contribution < -0.4 is 0 Å². The summed E-state index contributed by atoms with van der Waals surface area (Å²) in [6, 6.07) is 3.26. The number of fused-ring (bicyclic) bond motifs is 1. The fourth-order valence-corrected chi connectivity index (χ4v) is 2.96. The fourth-order valence-electron chi connectivity index (χ4n) is 1.45. The summed E-state index contributed by atoms with van der Waals surface area (Å²) >= 11 is 2.11. The molecule has 0 amide bonds. The second kappa shape index (κ2) is 5.10. The van der Waals surface area contributed by atoms with Gasteiger partial charge < -0.3 is 5.11 Å². The van der Waals surface area contributed by atoms with Crippen molar-refractivity contribution in [3.8, 4) is 0 Å². The molecule has 0 aliphatic rings. The second-order valence-electron chi connectivity index (χ2n) is 3.22. The first kappa shape index (κ1) is 12.4. The lowest BCUT2D eigenvalue weighted by Gasteiger charge is -2.01. The molecular formula is C10H7FIN2O2P. The normalized spacial score (nSPS) is 12.1. The maximum Gasteiger partial charge on any atom is 0.328 e. The van der Waals surface area contributed by atoms with Crippen LogP contribution in [-0.4, -0.2) is 20.6 Å². The molecule has 0 aliphatic heterocycles. The van der Waals surface area contributed by atoms with Crippen LogP contribution in [0.25, 0.3) is 17.0 Å². The molecule has 0 spiro atoms. The van der Waals surface area contributed by atoms with Gasteiger partial charge in [0, 0.05) is 17.0 Å². The van der Waals surface area contributed by atoms with E-state index in [4.69, 9.17) is 5.11 Å². The number of halogens is 2. The Balaban J connectivity index is 2.59. The molecule has 2 rings (SSSR count). The zero-order valence-corrected chi connectivity index (χ0v) is 11.6. The lowest BCUT2D eigenvalue weighted by atomic mass is 10.1. The molecule has 0 bridgehead atoms. The summed E-state index contributed by atoms with van der Waals surface area (Å²) in [5, 5.41) is 13.3. The lowest BCUT2D eigenvalue weighted by molar-refractivity contribution is -0.131. The molecule has 1 atom stereocenters. The highest BCUT2D eigenvalue weighted by Gasteiger charge is 2.10. The minimum absolute atomic E-state index is 0.247. The number of hydrogen-bond acceptors (Lipinski definition) is 2. The molecule has 0 radical (unpaired) electrons. The molecule has 1 unspecified atom stereocenters. The van der Waals surface area contributed by atoms with Gasteiger partial charge in [0.2, 0.25) is 0 Å². The van der Waals surface area contributed by atoms with Crippen molar-refractivity contribution in [2.75, 3.05) is 0 Å². The number of rotatable bonds is 3. The Kier molecular flexibility index (Phi) is 3.73. The van der Waals surface area contributed by atoms with Gasteiger partial charge in [0.15, 0.2) is 5.82 Å². The largest absolute Gasteiger partial charge is 0.478 e. The standard InChI is InChI=1S/C10H7FIN2O2P/c11-9-6(3-4-8(15)16)1-2-7-5-13-14(17-12)10(7)9/h1-5,17H,(H,15,16)/b4-3+. The maximum atomic E-state index is 14.1. The minimum Gasteiger partial charge on any atom is -0.478 e. The van der Waals surface area contributed by atoms with Gasteiger partial charge in [-0.15, -0.1) is 0 Å². The van der Waals surface area contributed by atoms with Crippen LogP contribution in [0.2, 0.25) is 0 Å². The summed E-state index contributed by atoms with van der Waals surface area (Å²) in [4.78, 5) is 10.4. The second-order valence-corrected chi connectivity index (χ2v) is 5.26. The molecule has 1 N–H and O–H groups in total. The van der Waals surface area contributed by atoms with E-state index in [1.165, 1.54) is 6.08 Å². The Morgan fingerprint density at radius 2 is 2.35 bits per heavy atom. The van der Waals surface area contributed by atoms with Crippen molar-refractivity contribution in [1.82, 2.24) is 9.55 Å². The highest BCUT2D eigenvalue weighted by molar-refractivity contribution is 14.2. The summed E-state index contributed by atoms with van der Waals surface area (Å²) < 4.78 is 15.7. The van der Waals surface area contributed by atoms with Crippen LogP contribution in [0.4, 0.5) is 4.39 Å². The predicted octanol–water partition coefficient (Wildman–Crippen LogP) is 3.06. The van der Waals surface area contributed by atoms with Crippen molar-refractivity contribution in [1.29, 1.82) is 0 Å². The summed E-state index contributed by atoms with van der Waals surface area (Å²) in [6.45, 7) is 0. The first-order chi connectivity index (χ1) is 8.13. The minimum atomic E-state index is -1.10. The topological polar surface area (TPSA) is 55.1 Å². The molecule has 0 saturated carbocycles. The van der Waals surface area contributed by atoms with E-state index in [-0.39, 0.29) is 5.56 Å².